The molecular formula is C10H19N3O2. The van der Waals surface area contributed by atoms with Gasteiger partial charge in [-0.2, -0.15) is 0 Å². The van der Waals surface area contributed by atoms with Gasteiger partial charge in [0.25, 0.3) is 5.91 Å². The lowest BCUT2D eigenvalue weighted by atomic mass is 10.2. The van der Waals surface area contributed by atoms with Crippen molar-refractivity contribution in [2.24, 2.45) is 5.84 Å². The molecule has 1 fully saturated rings. The summed E-state index contributed by atoms with van der Waals surface area (Å²) in [4.78, 5) is 13.2. The van der Waals surface area contributed by atoms with Gasteiger partial charge in [0.05, 0.1) is 12.2 Å². The Balaban J connectivity index is 2.62. The van der Waals surface area contributed by atoms with Crippen LogP contribution in [0.25, 0.3) is 0 Å². The second-order valence-corrected chi connectivity index (χ2v) is 3.96. The maximum absolute atomic E-state index is 11.1. The molecule has 1 amide bonds. The van der Waals surface area contributed by atoms with Gasteiger partial charge in [-0.1, -0.05) is 0 Å². The number of hydrazine groups is 1. The number of carbonyl (C=O) groups excluding carboxylic acids is 1. The van der Waals surface area contributed by atoms with Gasteiger partial charge in [-0.15, -0.1) is 0 Å². The molecule has 0 aromatic heterocycles. The molecule has 0 aromatic rings. The molecule has 0 spiro atoms. The van der Waals surface area contributed by atoms with Crippen LogP contribution in [0.4, 0.5) is 0 Å². The molecule has 5 nitrogen and oxygen atoms in total. The highest BCUT2D eigenvalue weighted by Crippen LogP contribution is 2.15. The number of ether oxygens (including phenoxy) is 1. The molecule has 86 valence electrons. The largest absolute Gasteiger partial charge is 0.372 e. The van der Waals surface area contributed by atoms with Crippen molar-refractivity contribution in [3.63, 3.8) is 0 Å². The van der Waals surface area contributed by atoms with E-state index in [0.29, 0.717) is 0 Å². The summed E-state index contributed by atoms with van der Waals surface area (Å²) in [6.45, 7) is 7.58. The average Bonchev–Trinajstić information content (AvgIpc) is 2.16. The molecule has 0 saturated carbocycles. The Labute approximate surface area is 90.2 Å². The van der Waals surface area contributed by atoms with E-state index in [1.54, 1.807) is 0 Å². The number of carbonyl (C=O) groups is 1. The minimum absolute atomic E-state index is 0.193. The van der Waals surface area contributed by atoms with E-state index in [1.807, 2.05) is 20.8 Å². The lowest BCUT2D eigenvalue weighted by Gasteiger charge is -2.37. The molecule has 5 heteroatoms. The van der Waals surface area contributed by atoms with Crippen molar-refractivity contribution >= 4 is 5.91 Å². The maximum atomic E-state index is 11.1. The Bertz CT molecular complexity index is 255. The molecule has 1 aliphatic heterocycles. The summed E-state index contributed by atoms with van der Waals surface area (Å²) in [5.74, 6) is 4.74. The van der Waals surface area contributed by atoms with Crippen LogP contribution in [-0.4, -0.2) is 36.1 Å². The standard InChI is InChI=1S/C10H19N3O2/c1-7(4-10(14)12-11)13-5-8(2)15-9(3)6-13/h4,8-9H,5-6,11H2,1-3H3,(H,12,14)/b7-4-. The molecule has 0 aliphatic carbocycles. The van der Waals surface area contributed by atoms with Crippen molar-refractivity contribution in [3.8, 4) is 0 Å². The summed E-state index contributed by atoms with van der Waals surface area (Å²) >= 11 is 0. The number of hydrogen-bond donors (Lipinski definition) is 2. The monoisotopic (exact) mass is 213 g/mol. The fourth-order valence-corrected chi connectivity index (χ4v) is 1.79. The van der Waals surface area contributed by atoms with E-state index in [9.17, 15) is 4.79 Å². The fraction of sp³-hybridized carbons (Fsp3) is 0.700. The number of hydrogen-bond acceptors (Lipinski definition) is 4. The summed E-state index contributed by atoms with van der Waals surface area (Å²) < 4.78 is 5.60. The van der Waals surface area contributed by atoms with E-state index in [-0.39, 0.29) is 18.1 Å². The first-order chi connectivity index (χ1) is 7.02. The van der Waals surface area contributed by atoms with E-state index in [4.69, 9.17) is 10.6 Å². The van der Waals surface area contributed by atoms with Gasteiger partial charge < -0.3 is 9.64 Å². The zero-order valence-electron chi connectivity index (χ0n) is 9.49. The molecule has 0 aromatic carbocycles. The third kappa shape index (κ3) is 3.53. The van der Waals surface area contributed by atoms with Crippen LogP contribution in [0.15, 0.2) is 11.8 Å². The number of rotatable bonds is 2. The lowest BCUT2D eigenvalue weighted by Crippen LogP contribution is -2.44. The number of nitrogens with two attached hydrogens (primary N) is 1. The molecule has 1 heterocycles. The zero-order valence-corrected chi connectivity index (χ0v) is 9.49. The SMILES string of the molecule is C/C(=C/C(=O)NN)N1CC(C)OC(C)C1. The van der Waals surface area contributed by atoms with Crippen LogP contribution in [0.3, 0.4) is 0 Å². The predicted molar refractivity (Wildman–Crippen MR) is 57.7 cm³/mol. The molecule has 0 bridgehead atoms. The van der Waals surface area contributed by atoms with Crippen molar-refractivity contribution in [3.05, 3.63) is 11.8 Å². The van der Waals surface area contributed by atoms with Crippen LogP contribution in [-0.2, 0) is 9.53 Å². The zero-order chi connectivity index (χ0) is 11.4. The molecule has 15 heavy (non-hydrogen) atoms. The first kappa shape index (κ1) is 12.0. The average molecular weight is 213 g/mol. The Morgan fingerprint density at radius 1 is 1.47 bits per heavy atom. The quantitative estimate of drug-likeness (QED) is 0.293. The van der Waals surface area contributed by atoms with E-state index in [1.165, 1.54) is 6.08 Å². The molecule has 0 radical (unpaired) electrons. The predicted octanol–water partition coefficient (Wildman–Crippen LogP) is -0.0107. The van der Waals surface area contributed by atoms with Crippen molar-refractivity contribution in [2.45, 2.75) is 33.0 Å². The lowest BCUT2D eigenvalue weighted by molar-refractivity contribution is -0.116. The molecular weight excluding hydrogens is 194 g/mol. The van der Waals surface area contributed by atoms with Crippen molar-refractivity contribution in [1.82, 2.24) is 10.3 Å². The van der Waals surface area contributed by atoms with Crippen LogP contribution in [0.5, 0.6) is 0 Å². The second kappa shape index (κ2) is 5.14. The first-order valence-corrected chi connectivity index (χ1v) is 5.12. The third-order valence-electron chi connectivity index (χ3n) is 2.40. The van der Waals surface area contributed by atoms with Crippen molar-refractivity contribution in [1.29, 1.82) is 0 Å². The molecule has 1 saturated heterocycles. The van der Waals surface area contributed by atoms with Crippen LogP contribution in [0.2, 0.25) is 0 Å². The summed E-state index contributed by atoms with van der Waals surface area (Å²) in [5, 5.41) is 0. The third-order valence-corrected chi connectivity index (χ3v) is 2.40. The summed E-state index contributed by atoms with van der Waals surface area (Å²) in [7, 11) is 0. The van der Waals surface area contributed by atoms with Gasteiger partial charge in [-0.05, 0) is 20.8 Å². The highest BCUT2D eigenvalue weighted by Gasteiger charge is 2.22. The van der Waals surface area contributed by atoms with Crippen LogP contribution in [0, 0.1) is 0 Å². The first-order valence-electron chi connectivity index (χ1n) is 5.12. The number of allylic oxidation sites excluding steroid dienone is 1. The van der Waals surface area contributed by atoms with Gasteiger partial charge in [-0.3, -0.25) is 10.2 Å². The van der Waals surface area contributed by atoms with Gasteiger partial charge >= 0.3 is 0 Å². The summed E-state index contributed by atoms with van der Waals surface area (Å²) in [6.07, 6.45) is 1.89. The van der Waals surface area contributed by atoms with Gasteiger partial charge in [0.2, 0.25) is 0 Å². The number of morpholine rings is 1. The Kier molecular flexibility index (Phi) is 4.11. The van der Waals surface area contributed by atoms with Crippen LogP contribution < -0.4 is 11.3 Å². The maximum Gasteiger partial charge on any atom is 0.259 e. The van der Waals surface area contributed by atoms with Gasteiger partial charge in [0.1, 0.15) is 0 Å². The number of nitrogens with one attached hydrogen (secondary N) is 1. The molecule has 1 aliphatic rings. The Hall–Kier alpha value is -1.07. The van der Waals surface area contributed by atoms with E-state index >= 15 is 0 Å². The smallest absolute Gasteiger partial charge is 0.259 e. The molecule has 2 atom stereocenters. The molecule has 3 N–H and O–H groups in total. The fourth-order valence-electron chi connectivity index (χ4n) is 1.79. The molecule has 1 rings (SSSR count). The van der Waals surface area contributed by atoms with Crippen LogP contribution in [0.1, 0.15) is 20.8 Å². The van der Waals surface area contributed by atoms with Crippen molar-refractivity contribution < 1.29 is 9.53 Å². The summed E-state index contributed by atoms with van der Waals surface area (Å²) in [6, 6.07) is 0. The van der Waals surface area contributed by atoms with E-state index in [2.05, 4.69) is 10.3 Å². The second-order valence-electron chi connectivity index (χ2n) is 3.96. The van der Waals surface area contributed by atoms with Crippen LogP contribution >= 0.6 is 0 Å². The Morgan fingerprint density at radius 2 is 2.00 bits per heavy atom. The van der Waals surface area contributed by atoms with Crippen molar-refractivity contribution in [2.75, 3.05) is 13.1 Å². The minimum atomic E-state index is -0.278. The minimum Gasteiger partial charge on any atom is -0.372 e. The van der Waals surface area contributed by atoms with E-state index < -0.39 is 0 Å². The summed E-state index contributed by atoms with van der Waals surface area (Å²) in [5.41, 5.74) is 3.00. The topological polar surface area (TPSA) is 67.6 Å². The normalized spacial score (nSPS) is 27.7. The van der Waals surface area contributed by atoms with Gasteiger partial charge in [-0.25, -0.2) is 5.84 Å². The number of nitrogens with zero attached hydrogens (tertiary/aromatic N) is 1. The molecule has 2 unspecified atom stereocenters. The Morgan fingerprint density at radius 3 is 2.47 bits per heavy atom. The highest BCUT2D eigenvalue weighted by atomic mass is 16.5. The number of amides is 1. The highest BCUT2D eigenvalue weighted by molar-refractivity contribution is 5.87. The van der Waals surface area contributed by atoms with E-state index in [0.717, 1.165) is 18.8 Å². The van der Waals surface area contributed by atoms with Gasteiger partial charge in [0.15, 0.2) is 0 Å². The van der Waals surface area contributed by atoms with Gasteiger partial charge in [0, 0.05) is 24.9 Å².